The molecule has 0 aliphatic carbocycles. The lowest BCUT2D eigenvalue weighted by atomic mass is 10.0. The summed E-state index contributed by atoms with van der Waals surface area (Å²) in [5, 5.41) is 7.69. The van der Waals surface area contributed by atoms with E-state index in [1.807, 2.05) is 29.1 Å². The fourth-order valence-corrected chi connectivity index (χ4v) is 4.01. The standard InChI is InChI=1S/C17H19N5S/c1-2-6-14(7-3-1)22-16(19-13-20-22)12-21-10-5-4-8-15(21)17-18-9-11-23-17/h1-3,6-7,9,11,13,15H,4-5,8,10,12H2/t15-/m0/s1. The highest BCUT2D eigenvalue weighted by Crippen LogP contribution is 2.33. The van der Waals surface area contributed by atoms with Gasteiger partial charge in [-0.1, -0.05) is 24.6 Å². The third kappa shape index (κ3) is 3.04. The van der Waals surface area contributed by atoms with Gasteiger partial charge in [-0.25, -0.2) is 14.6 Å². The van der Waals surface area contributed by atoms with Gasteiger partial charge in [0.25, 0.3) is 0 Å². The van der Waals surface area contributed by atoms with Gasteiger partial charge in [0.15, 0.2) is 0 Å². The van der Waals surface area contributed by atoms with Gasteiger partial charge in [-0.2, -0.15) is 5.10 Å². The predicted molar refractivity (Wildman–Crippen MR) is 90.5 cm³/mol. The third-order valence-electron chi connectivity index (χ3n) is 4.31. The summed E-state index contributed by atoms with van der Waals surface area (Å²) in [5.74, 6) is 0.986. The predicted octanol–water partition coefficient (Wildman–Crippen LogP) is 3.45. The molecule has 2 aromatic heterocycles. The quantitative estimate of drug-likeness (QED) is 0.737. The molecular weight excluding hydrogens is 306 g/mol. The second kappa shape index (κ2) is 6.60. The lowest BCUT2D eigenvalue weighted by Crippen LogP contribution is -2.33. The van der Waals surface area contributed by atoms with E-state index in [2.05, 4.69) is 37.5 Å². The largest absolute Gasteiger partial charge is 0.286 e. The maximum atomic E-state index is 4.53. The molecule has 1 aliphatic rings. The minimum atomic E-state index is 0.407. The Bertz CT molecular complexity index is 737. The molecule has 1 aromatic carbocycles. The summed E-state index contributed by atoms with van der Waals surface area (Å²) in [6, 6.07) is 10.6. The number of aromatic nitrogens is 4. The van der Waals surface area contributed by atoms with E-state index in [1.54, 1.807) is 17.7 Å². The van der Waals surface area contributed by atoms with Gasteiger partial charge in [0, 0.05) is 11.6 Å². The minimum Gasteiger partial charge on any atom is -0.286 e. The van der Waals surface area contributed by atoms with Crippen molar-refractivity contribution in [3.8, 4) is 5.69 Å². The average Bonchev–Trinajstić information content (AvgIpc) is 3.28. The Labute approximate surface area is 139 Å². The highest BCUT2D eigenvalue weighted by atomic mass is 32.1. The molecule has 118 valence electrons. The van der Waals surface area contributed by atoms with E-state index >= 15 is 0 Å². The number of hydrogen-bond donors (Lipinski definition) is 0. The van der Waals surface area contributed by atoms with Crippen molar-refractivity contribution < 1.29 is 0 Å². The summed E-state index contributed by atoms with van der Waals surface area (Å²) in [6.45, 7) is 1.89. The molecule has 1 atom stereocenters. The van der Waals surface area contributed by atoms with E-state index in [-0.39, 0.29) is 0 Å². The van der Waals surface area contributed by atoms with Crippen molar-refractivity contribution in [3.63, 3.8) is 0 Å². The summed E-state index contributed by atoms with van der Waals surface area (Å²) in [4.78, 5) is 11.5. The van der Waals surface area contributed by atoms with Gasteiger partial charge in [-0.3, -0.25) is 4.90 Å². The van der Waals surface area contributed by atoms with Crippen molar-refractivity contribution in [3.05, 3.63) is 59.1 Å². The van der Waals surface area contributed by atoms with Gasteiger partial charge in [-0.15, -0.1) is 11.3 Å². The molecule has 0 unspecified atom stereocenters. The lowest BCUT2D eigenvalue weighted by molar-refractivity contribution is 0.135. The van der Waals surface area contributed by atoms with Crippen LogP contribution in [-0.2, 0) is 6.54 Å². The first-order valence-electron chi connectivity index (χ1n) is 7.99. The molecule has 3 aromatic rings. The van der Waals surface area contributed by atoms with E-state index in [4.69, 9.17) is 0 Å². The number of thiazole rings is 1. The molecule has 0 N–H and O–H groups in total. The van der Waals surface area contributed by atoms with Crippen LogP contribution < -0.4 is 0 Å². The molecule has 5 nitrogen and oxygen atoms in total. The van der Waals surface area contributed by atoms with Crippen LogP contribution in [0.25, 0.3) is 5.69 Å². The van der Waals surface area contributed by atoms with E-state index in [1.165, 1.54) is 24.3 Å². The van der Waals surface area contributed by atoms with Gasteiger partial charge in [-0.05, 0) is 31.5 Å². The third-order valence-corrected chi connectivity index (χ3v) is 5.19. The molecule has 0 saturated carbocycles. The monoisotopic (exact) mass is 325 g/mol. The molecule has 0 spiro atoms. The Hall–Kier alpha value is -2.05. The van der Waals surface area contributed by atoms with Crippen molar-refractivity contribution in [1.82, 2.24) is 24.6 Å². The van der Waals surface area contributed by atoms with Crippen LogP contribution in [0.5, 0.6) is 0 Å². The molecular formula is C17H19N5S. The summed E-state index contributed by atoms with van der Waals surface area (Å²) < 4.78 is 1.94. The molecule has 0 bridgehead atoms. The number of nitrogens with zero attached hydrogens (tertiary/aromatic N) is 5. The number of benzene rings is 1. The molecule has 4 rings (SSSR count). The Balaban J connectivity index is 1.59. The zero-order chi connectivity index (χ0) is 15.5. The number of likely N-dealkylation sites (tertiary alicyclic amines) is 1. The van der Waals surface area contributed by atoms with Crippen LogP contribution in [0.4, 0.5) is 0 Å². The first-order chi connectivity index (χ1) is 11.4. The van der Waals surface area contributed by atoms with Crippen LogP contribution >= 0.6 is 11.3 Å². The van der Waals surface area contributed by atoms with Gasteiger partial charge < -0.3 is 0 Å². The number of rotatable bonds is 4. The number of para-hydroxylation sites is 1. The molecule has 0 amide bonds. The fourth-order valence-electron chi connectivity index (χ4n) is 3.20. The van der Waals surface area contributed by atoms with Crippen molar-refractivity contribution in [1.29, 1.82) is 0 Å². The van der Waals surface area contributed by atoms with Gasteiger partial charge >= 0.3 is 0 Å². The van der Waals surface area contributed by atoms with E-state index in [0.29, 0.717) is 6.04 Å². The van der Waals surface area contributed by atoms with Crippen LogP contribution in [0.15, 0.2) is 48.2 Å². The lowest BCUT2D eigenvalue weighted by Gasteiger charge is -2.34. The van der Waals surface area contributed by atoms with E-state index in [0.717, 1.165) is 24.6 Å². The maximum Gasteiger partial charge on any atom is 0.146 e. The smallest absolute Gasteiger partial charge is 0.146 e. The Kier molecular flexibility index (Phi) is 4.17. The topological polar surface area (TPSA) is 46.8 Å². The molecule has 1 aliphatic heterocycles. The summed E-state index contributed by atoms with van der Waals surface area (Å²) in [6.07, 6.45) is 7.23. The molecule has 6 heteroatoms. The summed E-state index contributed by atoms with van der Waals surface area (Å²) >= 11 is 1.75. The zero-order valence-corrected chi connectivity index (χ0v) is 13.7. The van der Waals surface area contributed by atoms with E-state index < -0.39 is 0 Å². The van der Waals surface area contributed by atoms with Crippen LogP contribution in [0.3, 0.4) is 0 Å². The zero-order valence-electron chi connectivity index (χ0n) is 12.9. The summed E-state index contributed by atoms with van der Waals surface area (Å²) in [7, 11) is 0. The SMILES string of the molecule is c1ccc(-n2ncnc2CN2CCCC[C@H]2c2nccs2)cc1. The van der Waals surface area contributed by atoms with Crippen molar-refractivity contribution in [2.24, 2.45) is 0 Å². The van der Waals surface area contributed by atoms with Gasteiger partial charge in [0.1, 0.15) is 17.2 Å². The van der Waals surface area contributed by atoms with Crippen LogP contribution in [0, 0.1) is 0 Å². The van der Waals surface area contributed by atoms with Crippen molar-refractivity contribution >= 4 is 11.3 Å². The van der Waals surface area contributed by atoms with Gasteiger partial charge in [0.2, 0.25) is 0 Å². The van der Waals surface area contributed by atoms with Crippen LogP contribution in [0.1, 0.15) is 36.1 Å². The van der Waals surface area contributed by atoms with Crippen LogP contribution in [-0.4, -0.2) is 31.2 Å². The highest BCUT2D eigenvalue weighted by molar-refractivity contribution is 7.09. The summed E-state index contributed by atoms with van der Waals surface area (Å²) in [5.41, 5.74) is 1.06. The van der Waals surface area contributed by atoms with Gasteiger partial charge in [0.05, 0.1) is 18.3 Å². The Morgan fingerprint density at radius 1 is 1.13 bits per heavy atom. The average molecular weight is 325 g/mol. The second-order valence-corrected chi connectivity index (χ2v) is 6.70. The number of hydrogen-bond acceptors (Lipinski definition) is 5. The Morgan fingerprint density at radius 2 is 2.04 bits per heavy atom. The van der Waals surface area contributed by atoms with Crippen molar-refractivity contribution in [2.45, 2.75) is 31.8 Å². The Morgan fingerprint density at radius 3 is 2.87 bits per heavy atom. The highest BCUT2D eigenvalue weighted by Gasteiger charge is 2.27. The molecule has 23 heavy (non-hydrogen) atoms. The first kappa shape index (κ1) is 14.5. The second-order valence-electron chi connectivity index (χ2n) is 5.78. The molecule has 1 fully saturated rings. The van der Waals surface area contributed by atoms with Crippen molar-refractivity contribution in [2.75, 3.05) is 6.54 Å². The molecule has 0 radical (unpaired) electrons. The maximum absolute atomic E-state index is 4.53. The molecule has 3 heterocycles. The number of piperidine rings is 1. The van der Waals surface area contributed by atoms with E-state index in [9.17, 15) is 0 Å². The van der Waals surface area contributed by atoms with Crippen LogP contribution in [0.2, 0.25) is 0 Å². The minimum absolute atomic E-state index is 0.407. The fraction of sp³-hybridized carbons (Fsp3) is 0.353. The first-order valence-corrected chi connectivity index (χ1v) is 8.87. The normalized spacial score (nSPS) is 19.0. The molecule has 1 saturated heterocycles.